The third kappa shape index (κ3) is 5.12. The predicted octanol–water partition coefficient (Wildman–Crippen LogP) is 3.14. The summed E-state index contributed by atoms with van der Waals surface area (Å²) in [6, 6.07) is 14.9. The Morgan fingerprint density at radius 3 is 2.43 bits per heavy atom. The van der Waals surface area contributed by atoms with Crippen LogP contribution in [0, 0.1) is 0 Å². The number of sulfonamides is 1. The predicted molar refractivity (Wildman–Crippen MR) is 89.5 cm³/mol. The molecule has 0 saturated carbocycles. The van der Waals surface area contributed by atoms with Crippen molar-refractivity contribution in [3.05, 3.63) is 78.4 Å². The zero-order chi connectivity index (χ0) is 16.7. The monoisotopic (exact) mass is 329 g/mol. The summed E-state index contributed by atoms with van der Waals surface area (Å²) in [5.41, 5.74) is 1.17. The molecule has 0 atom stereocenters. The molecule has 2 aromatic carbocycles. The molecule has 0 radical (unpaired) electrons. The number of carboxylic acids is 1. The summed E-state index contributed by atoms with van der Waals surface area (Å²) < 4.78 is 27.0. The van der Waals surface area contributed by atoms with E-state index in [-0.39, 0.29) is 4.90 Å². The molecule has 23 heavy (non-hydrogen) atoms. The lowest BCUT2D eigenvalue weighted by molar-refractivity contribution is -0.131. The van der Waals surface area contributed by atoms with Crippen LogP contribution >= 0.6 is 0 Å². The molecule has 5 nitrogen and oxygen atoms in total. The average molecular weight is 329 g/mol. The molecule has 6 heteroatoms. The first kappa shape index (κ1) is 16.5. The fourth-order valence-electron chi connectivity index (χ4n) is 1.82. The number of anilines is 1. The maximum Gasteiger partial charge on any atom is 0.328 e. The van der Waals surface area contributed by atoms with Gasteiger partial charge in [0.1, 0.15) is 0 Å². The summed E-state index contributed by atoms with van der Waals surface area (Å²) in [6.07, 6.45) is 5.65. The fourth-order valence-corrected chi connectivity index (χ4v) is 2.89. The summed E-state index contributed by atoms with van der Waals surface area (Å²) in [4.78, 5) is 10.5. The second-order valence-corrected chi connectivity index (χ2v) is 6.28. The first-order valence-electron chi connectivity index (χ1n) is 6.73. The highest BCUT2D eigenvalue weighted by Gasteiger charge is 2.13. The molecule has 0 spiro atoms. The number of carbonyl (C=O) groups is 1. The van der Waals surface area contributed by atoms with E-state index in [0.717, 1.165) is 11.6 Å². The lowest BCUT2D eigenvalue weighted by Crippen LogP contribution is -2.12. The highest BCUT2D eigenvalue weighted by Crippen LogP contribution is 2.17. The Balaban J connectivity index is 2.16. The minimum absolute atomic E-state index is 0.185. The number of hydrogen-bond donors (Lipinski definition) is 2. The van der Waals surface area contributed by atoms with Crippen LogP contribution in [-0.4, -0.2) is 19.5 Å². The second-order valence-electron chi connectivity index (χ2n) is 4.60. The Hall–Kier alpha value is -2.86. The van der Waals surface area contributed by atoms with Gasteiger partial charge in [0.25, 0.3) is 10.0 Å². The van der Waals surface area contributed by atoms with E-state index in [1.165, 1.54) is 18.2 Å². The lowest BCUT2D eigenvalue weighted by Gasteiger charge is -2.08. The number of hydrogen-bond acceptors (Lipinski definition) is 3. The first-order valence-corrected chi connectivity index (χ1v) is 8.21. The van der Waals surface area contributed by atoms with Crippen molar-refractivity contribution in [2.75, 3.05) is 4.72 Å². The molecule has 0 saturated heterocycles. The zero-order valence-electron chi connectivity index (χ0n) is 12.1. The second kappa shape index (κ2) is 7.42. The van der Waals surface area contributed by atoms with E-state index in [0.29, 0.717) is 5.69 Å². The minimum atomic E-state index is -3.63. The molecule has 0 amide bonds. The van der Waals surface area contributed by atoms with Gasteiger partial charge in [-0.15, -0.1) is 0 Å². The van der Waals surface area contributed by atoms with Gasteiger partial charge in [-0.3, -0.25) is 4.72 Å². The Labute approximate surface area is 134 Å². The van der Waals surface area contributed by atoms with Crippen molar-refractivity contribution in [2.45, 2.75) is 4.90 Å². The quantitative estimate of drug-likeness (QED) is 0.630. The van der Waals surface area contributed by atoms with Crippen molar-refractivity contribution in [3.8, 4) is 0 Å². The Morgan fingerprint density at radius 1 is 1.00 bits per heavy atom. The Kier molecular flexibility index (Phi) is 5.32. The van der Waals surface area contributed by atoms with Crippen molar-refractivity contribution in [1.29, 1.82) is 0 Å². The van der Waals surface area contributed by atoms with Crippen LogP contribution in [0.3, 0.4) is 0 Å². The van der Waals surface area contributed by atoms with Gasteiger partial charge >= 0.3 is 5.97 Å². The Bertz CT molecular complexity index is 840. The topological polar surface area (TPSA) is 83.5 Å². The molecular weight excluding hydrogens is 314 g/mol. The molecule has 0 aromatic heterocycles. The number of aliphatic carboxylic acids is 1. The van der Waals surface area contributed by atoms with Crippen LogP contribution in [0.4, 0.5) is 5.69 Å². The van der Waals surface area contributed by atoms with E-state index in [1.807, 2.05) is 0 Å². The molecule has 118 valence electrons. The number of nitrogens with one attached hydrogen (secondary N) is 1. The van der Waals surface area contributed by atoms with Gasteiger partial charge in [-0.25, -0.2) is 13.2 Å². The molecule has 2 N–H and O–H groups in total. The smallest absolute Gasteiger partial charge is 0.328 e. The SMILES string of the molecule is O=C(O)/C=C/C=C/c1cccc(NS(=O)(=O)c2ccccc2)c1. The minimum Gasteiger partial charge on any atom is -0.478 e. The number of rotatable bonds is 6. The maximum absolute atomic E-state index is 12.2. The summed E-state index contributed by atoms with van der Waals surface area (Å²) in [6.45, 7) is 0. The maximum atomic E-state index is 12.2. The van der Waals surface area contributed by atoms with Crippen LogP contribution in [0.2, 0.25) is 0 Å². The average Bonchev–Trinajstić information content (AvgIpc) is 2.52. The van der Waals surface area contributed by atoms with Gasteiger partial charge in [0.05, 0.1) is 4.90 Å². The fraction of sp³-hybridized carbons (Fsp3) is 0. The van der Waals surface area contributed by atoms with Crippen LogP contribution in [-0.2, 0) is 14.8 Å². The first-order chi connectivity index (χ1) is 11.0. The molecule has 0 aliphatic heterocycles. The molecule has 2 rings (SSSR count). The molecular formula is C17H15NO4S. The molecule has 0 aliphatic carbocycles. The molecule has 0 bridgehead atoms. The van der Waals surface area contributed by atoms with Crippen LogP contribution in [0.5, 0.6) is 0 Å². The van der Waals surface area contributed by atoms with Crippen LogP contribution in [0.25, 0.3) is 6.08 Å². The summed E-state index contributed by atoms with van der Waals surface area (Å²) >= 11 is 0. The van der Waals surface area contributed by atoms with Crippen LogP contribution in [0.15, 0.2) is 77.7 Å². The van der Waals surface area contributed by atoms with E-state index in [2.05, 4.69) is 4.72 Å². The van der Waals surface area contributed by atoms with Crippen molar-refractivity contribution in [3.63, 3.8) is 0 Å². The molecule has 2 aromatic rings. The van der Waals surface area contributed by atoms with Crippen molar-refractivity contribution in [2.24, 2.45) is 0 Å². The van der Waals surface area contributed by atoms with E-state index < -0.39 is 16.0 Å². The third-order valence-electron chi connectivity index (χ3n) is 2.83. The largest absolute Gasteiger partial charge is 0.478 e. The summed E-state index contributed by atoms with van der Waals surface area (Å²) in [5, 5.41) is 8.49. The number of benzene rings is 2. The summed E-state index contributed by atoms with van der Waals surface area (Å²) in [7, 11) is -3.63. The van der Waals surface area contributed by atoms with Gasteiger partial charge in [-0.1, -0.05) is 48.6 Å². The highest BCUT2D eigenvalue weighted by molar-refractivity contribution is 7.92. The van der Waals surface area contributed by atoms with E-state index >= 15 is 0 Å². The highest BCUT2D eigenvalue weighted by atomic mass is 32.2. The molecule has 0 unspecified atom stereocenters. The third-order valence-corrected chi connectivity index (χ3v) is 4.23. The van der Waals surface area contributed by atoms with Gasteiger partial charge in [-0.05, 0) is 29.8 Å². The lowest BCUT2D eigenvalue weighted by atomic mass is 10.2. The van der Waals surface area contributed by atoms with Gasteiger partial charge < -0.3 is 5.11 Å². The summed E-state index contributed by atoms with van der Waals surface area (Å²) in [5.74, 6) is -1.03. The van der Waals surface area contributed by atoms with Crippen molar-refractivity contribution in [1.82, 2.24) is 0 Å². The van der Waals surface area contributed by atoms with Gasteiger partial charge in [0.2, 0.25) is 0 Å². The standard InChI is InChI=1S/C17H15NO4S/c19-17(20)12-5-4-7-14-8-6-9-15(13-14)18-23(21,22)16-10-2-1-3-11-16/h1-13,18H,(H,19,20)/b7-4+,12-5+. The van der Waals surface area contributed by atoms with Crippen LogP contribution in [0.1, 0.15) is 5.56 Å². The van der Waals surface area contributed by atoms with Crippen molar-refractivity contribution < 1.29 is 18.3 Å². The van der Waals surface area contributed by atoms with Gasteiger partial charge in [0, 0.05) is 11.8 Å². The van der Waals surface area contributed by atoms with Gasteiger partial charge in [-0.2, -0.15) is 0 Å². The zero-order valence-corrected chi connectivity index (χ0v) is 12.9. The number of allylic oxidation sites excluding steroid dienone is 2. The molecule has 0 aliphatic rings. The van der Waals surface area contributed by atoms with E-state index in [1.54, 1.807) is 54.6 Å². The molecule has 0 fully saturated rings. The number of carboxylic acid groups (broad SMARTS) is 1. The molecule has 0 heterocycles. The van der Waals surface area contributed by atoms with Gasteiger partial charge in [0.15, 0.2) is 0 Å². The van der Waals surface area contributed by atoms with Crippen molar-refractivity contribution >= 4 is 27.8 Å². The van der Waals surface area contributed by atoms with E-state index in [4.69, 9.17) is 5.11 Å². The van der Waals surface area contributed by atoms with Crippen LogP contribution < -0.4 is 4.72 Å². The normalized spacial score (nSPS) is 11.8. The Morgan fingerprint density at radius 2 is 1.74 bits per heavy atom. The van der Waals surface area contributed by atoms with E-state index in [9.17, 15) is 13.2 Å².